The maximum absolute atomic E-state index is 13.7. The van der Waals surface area contributed by atoms with Crippen LogP contribution in [0.2, 0.25) is 0 Å². The summed E-state index contributed by atoms with van der Waals surface area (Å²) in [5.41, 5.74) is 2.54. The van der Waals surface area contributed by atoms with Crippen molar-refractivity contribution in [3.8, 4) is 22.6 Å². The highest BCUT2D eigenvalue weighted by Crippen LogP contribution is 2.43. The average Bonchev–Trinajstić information content (AvgIpc) is 3.48. The van der Waals surface area contributed by atoms with Crippen LogP contribution in [0.15, 0.2) is 53.1 Å². The zero-order valence-corrected chi connectivity index (χ0v) is 18.9. The van der Waals surface area contributed by atoms with Crippen LogP contribution in [0.5, 0.6) is 0 Å². The van der Waals surface area contributed by atoms with Crippen LogP contribution in [0.4, 0.5) is 10.1 Å². The molecule has 1 saturated heterocycles. The maximum atomic E-state index is 13.7. The molecule has 0 bridgehead atoms. The number of pyridine rings is 1. The number of thiophene rings is 1. The first-order chi connectivity index (χ1) is 16.0. The van der Waals surface area contributed by atoms with Crippen molar-refractivity contribution in [3.05, 3.63) is 59.4 Å². The van der Waals surface area contributed by atoms with E-state index < -0.39 is 0 Å². The molecule has 8 heteroatoms. The molecule has 5 rings (SSSR count). The number of nitrogens with one attached hydrogen (secondary N) is 1. The van der Waals surface area contributed by atoms with Crippen LogP contribution in [-0.4, -0.2) is 34.8 Å². The summed E-state index contributed by atoms with van der Waals surface area (Å²) in [7, 11) is 0. The lowest BCUT2D eigenvalue weighted by Gasteiger charge is -2.26. The summed E-state index contributed by atoms with van der Waals surface area (Å²) in [6, 6.07) is 11.6. The topological polar surface area (TPSA) is 75.4 Å². The van der Waals surface area contributed by atoms with Gasteiger partial charge < -0.3 is 14.6 Å². The Kier molecular flexibility index (Phi) is 5.68. The number of hydrogen-bond donors (Lipinski definition) is 1. The van der Waals surface area contributed by atoms with Gasteiger partial charge in [0.25, 0.3) is 5.91 Å². The average molecular weight is 464 g/mol. The number of aromatic nitrogens is 1. The smallest absolute Gasteiger partial charge is 0.266 e. The maximum Gasteiger partial charge on any atom is 0.266 e. The van der Waals surface area contributed by atoms with E-state index in [1.54, 1.807) is 24.5 Å². The van der Waals surface area contributed by atoms with E-state index in [1.165, 1.54) is 30.4 Å². The Morgan fingerprint density at radius 3 is 2.55 bits per heavy atom. The molecule has 0 aliphatic carbocycles. The lowest BCUT2D eigenvalue weighted by Crippen LogP contribution is -2.35. The molecule has 168 valence electrons. The first-order valence-electron chi connectivity index (χ1n) is 10.9. The minimum absolute atomic E-state index is 0.106. The molecule has 6 nitrogen and oxygen atoms in total. The number of benzene rings is 1. The van der Waals surface area contributed by atoms with Gasteiger partial charge in [0.1, 0.15) is 21.2 Å². The van der Waals surface area contributed by atoms with Gasteiger partial charge in [0, 0.05) is 25.4 Å². The molecule has 0 saturated carbocycles. The second-order valence-corrected chi connectivity index (χ2v) is 9.06. The van der Waals surface area contributed by atoms with E-state index in [1.807, 2.05) is 17.0 Å². The number of fused-ring (bicyclic) bond motifs is 1. The van der Waals surface area contributed by atoms with Crippen molar-refractivity contribution in [2.75, 3.05) is 18.4 Å². The summed E-state index contributed by atoms with van der Waals surface area (Å²) >= 11 is 1.26. The van der Waals surface area contributed by atoms with Gasteiger partial charge in [-0.25, -0.2) is 9.37 Å². The summed E-state index contributed by atoms with van der Waals surface area (Å²) < 4.78 is 19.2. The molecular formula is C25H22FN3O3S. The SMILES string of the molecule is CC(=O)Nc1c(C(=O)N2CCCCC2)sc2nc(-c3ccco3)cc(-c3ccc(F)cc3)c12. The van der Waals surface area contributed by atoms with Gasteiger partial charge in [-0.2, -0.15) is 0 Å². The molecule has 3 aromatic heterocycles. The number of anilines is 1. The number of hydrogen-bond acceptors (Lipinski definition) is 5. The first kappa shape index (κ1) is 21.3. The molecule has 2 amide bonds. The second-order valence-electron chi connectivity index (χ2n) is 8.06. The van der Waals surface area contributed by atoms with Crippen LogP contribution in [0.25, 0.3) is 32.8 Å². The summed E-state index contributed by atoms with van der Waals surface area (Å²) in [5, 5.41) is 3.54. The summed E-state index contributed by atoms with van der Waals surface area (Å²) in [6.07, 6.45) is 4.61. The van der Waals surface area contributed by atoms with E-state index in [-0.39, 0.29) is 17.6 Å². The number of halogens is 1. The zero-order chi connectivity index (χ0) is 22.9. The standard InChI is InChI=1S/C25H22FN3O3S/c1-15(30)27-22-21-18(16-7-9-17(26)10-8-16)14-19(20-6-5-13-32-20)28-24(21)33-23(22)25(31)29-11-3-2-4-12-29/h5-10,13-14H,2-4,11-12H2,1H3,(H,27,30). The number of amides is 2. The first-order valence-corrected chi connectivity index (χ1v) is 11.7. The number of rotatable bonds is 4. The van der Waals surface area contributed by atoms with Crippen LogP contribution in [0.3, 0.4) is 0 Å². The van der Waals surface area contributed by atoms with Crippen molar-refractivity contribution in [2.24, 2.45) is 0 Å². The van der Waals surface area contributed by atoms with Crippen molar-refractivity contribution in [1.29, 1.82) is 0 Å². The van der Waals surface area contributed by atoms with Crippen LogP contribution in [-0.2, 0) is 4.79 Å². The molecule has 4 heterocycles. The molecule has 33 heavy (non-hydrogen) atoms. The Morgan fingerprint density at radius 1 is 1.12 bits per heavy atom. The Balaban J connectivity index is 1.76. The predicted molar refractivity (Wildman–Crippen MR) is 127 cm³/mol. The highest BCUT2D eigenvalue weighted by Gasteiger charge is 2.28. The van der Waals surface area contributed by atoms with E-state index >= 15 is 0 Å². The Morgan fingerprint density at radius 2 is 1.88 bits per heavy atom. The van der Waals surface area contributed by atoms with Crippen LogP contribution in [0, 0.1) is 5.82 Å². The Hall–Kier alpha value is -3.52. The Bertz CT molecular complexity index is 1320. The summed E-state index contributed by atoms with van der Waals surface area (Å²) in [4.78, 5) is 33.3. The normalized spacial score (nSPS) is 13.9. The van der Waals surface area contributed by atoms with E-state index in [2.05, 4.69) is 5.32 Å². The van der Waals surface area contributed by atoms with E-state index in [4.69, 9.17) is 9.40 Å². The monoisotopic (exact) mass is 463 g/mol. The molecule has 1 aliphatic rings. The Labute approximate surface area is 194 Å². The van der Waals surface area contributed by atoms with Gasteiger partial charge in [-0.3, -0.25) is 9.59 Å². The highest BCUT2D eigenvalue weighted by atomic mass is 32.1. The fraction of sp³-hybridized carbons (Fsp3) is 0.240. The van der Waals surface area contributed by atoms with Crippen molar-refractivity contribution in [1.82, 2.24) is 9.88 Å². The van der Waals surface area contributed by atoms with Crippen LogP contribution in [0.1, 0.15) is 35.9 Å². The molecule has 1 N–H and O–H groups in total. The van der Waals surface area contributed by atoms with Crippen LogP contribution < -0.4 is 5.32 Å². The minimum Gasteiger partial charge on any atom is -0.463 e. The van der Waals surface area contributed by atoms with Crippen molar-refractivity contribution < 1.29 is 18.4 Å². The lowest BCUT2D eigenvalue weighted by molar-refractivity contribution is -0.114. The van der Waals surface area contributed by atoms with E-state index in [0.29, 0.717) is 45.3 Å². The van der Waals surface area contributed by atoms with Crippen molar-refractivity contribution in [2.45, 2.75) is 26.2 Å². The van der Waals surface area contributed by atoms with Crippen LogP contribution >= 0.6 is 11.3 Å². The number of furan rings is 1. The molecule has 0 unspecified atom stereocenters. The predicted octanol–water partition coefficient (Wildman–Crippen LogP) is 5.95. The molecule has 0 radical (unpaired) electrons. The van der Waals surface area contributed by atoms with Crippen molar-refractivity contribution in [3.63, 3.8) is 0 Å². The summed E-state index contributed by atoms with van der Waals surface area (Å²) in [6.45, 7) is 2.81. The fourth-order valence-electron chi connectivity index (χ4n) is 4.19. The van der Waals surface area contributed by atoms with Gasteiger partial charge in [-0.15, -0.1) is 11.3 Å². The highest BCUT2D eigenvalue weighted by molar-refractivity contribution is 7.21. The van der Waals surface area contributed by atoms with Gasteiger partial charge in [-0.05, 0) is 60.7 Å². The summed E-state index contributed by atoms with van der Waals surface area (Å²) in [5.74, 6) is -0.143. The zero-order valence-electron chi connectivity index (χ0n) is 18.1. The van der Waals surface area contributed by atoms with Gasteiger partial charge in [0.05, 0.1) is 12.0 Å². The number of nitrogens with zero attached hydrogens (tertiary/aromatic N) is 2. The fourth-order valence-corrected chi connectivity index (χ4v) is 5.32. The second kappa shape index (κ2) is 8.78. The van der Waals surface area contributed by atoms with Gasteiger partial charge in [-0.1, -0.05) is 12.1 Å². The molecule has 4 aromatic rings. The number of carbonyl (C=O) groups is 2. The third kappa shape index (κ3) is 4.14. The largest absolute Gasteiger partial charge is 0.463 e. The van der Waals surface area contributed by atoms with E-state index in [9.17, 15) is 14.0 Å². The van der Waals surface area contributed by atoms with Crippen molar-refractivity contribution >= 4 is 39.1 Å². The van der Waals surface area contributed by atoms with Gasteiger partial charge in [0.2, 0.25) is 5.91 Å². The van der Waals surface area contributed by atoms with Gasteiger partial charge in [0.15, 0.2) is 5.76 Å². The molecule has 1 aliphatic heterocycles. The van der Waals surface area contributed by atoms with Gasteiger partial charge >= 0.3 is 0 Å². The quantitative estimate of drug-likeness (QED) is 0.406. The molecule has 1 fully saturated rings. The lowest BCUT2D eigenvalue weighted by atomic mass is 10.0. The third-order valence-corrected chi connectivity index (χ3v) is 6.80. The molecule has 1 aromatic carbocycles. The number of likely N-dealkylation sites (tertiary alicyclic amines) is 1. The third-order valence-electron chi connectivity index (χ3n) is 5.73. The molecule has 0 atom stereocenters. The number of carbonyl (C=O) groups excluding carboxylic acids is 2. The van der Waals surface area contributed by atoms with E-state index in [0.717, 1.165) is 30.4 Å². The number of piperidine rings is 1. The minimum atomic E-state index is -0.344. The molecule has 0 spiro atoms. The molecular weight excluding hydrogens is 441 g/mol.